The van der Waals surface area contributed by atoms with E-state index in [0.29, 0.717) is 27.4 Å². The minimum Gasteiger partial charge on any atom is -0.325 e. The highest BCUT2D eigenvalue weighted by Gasteiger charge is 2.18. The first-order valence-electron chi connectivity index (χ1n) is 12.9. The van der Waals surface area contributed by atoms with E-state index in [1.165, 1.54) is 42.1 Å². The van der Waals surface area contributed by atoms with Crippen LogP contribution in [0.2, 0.25) is 10.0 Å². The topological polar surface area (TPSA) is 147 Å². The van der Waals surface area contributed by atoms with Crippen LogP contribution in [0.1, 0.15) is 22.8 Å². The first kappa shape index (κ1) is 32.8. The number of nitrogens with two attached hydrogens (primary N) is 1. The average Bonchev–Trinajstić information content (AvgIpc) is 2.99. The molecule has 13 heteroatoms. The van der Waals surface area contributed by atoms with Crippen molar-refractivity contribution >= 4 is 80.2 Å². The molecule has 0 bridgehead atoms. The second-order valence-electron chi connectivity index (χ2n) is 9.32. The molecule has 3 amide bonds. The molecule has 9 nitrogen and oxygen atoms in total. The molecule has 0 radical (unpaired) electrons. The van der Waals surface area contributed by atoms with E-state index < -0.39 is 27.1 Å². The molecule has 0 aromatic heterocycles. The number of hydrogen-bond acceptors (Lipinski definition) is 6. The van der Waals surface area contributed by atoms with E-state index in [1.54, 1.807) is 79.7 Å². The number of anilines is 2. The predicted molar refractivity (Wildman–Crippen MR) is 175 cm³/mol. The van der Waals surface area contributed by atoms with Crippen molar-refractivity contribution in [3.8, 4) is 0 Å². The SMILES string of the molecule is CC(Sc1cccc(NC(=O)/C(=C\c2cccc(Cl)c2Cl)NC(=O)c2ccccc2)c1)C(=O)Nc1ccc(S(N)(=O)=O)cc1. The number of carbonyl (C=O) groups is 3. The molecule has 4 rings (SSSR count). The molecule has 1 atom stereocenters. The van der Waals surface area contributed by atoms with Gasteiger partial charge in [-0.15, -0.1) is 11.8 Å². The maximum atomic E-state index is 13.4. The van der Waals surface area contributed by atoms with Crippen molar-refractivity contribution < 1.29 is 22.8 Å². The van der Waals surface area contributed by atoms with Gasteiger partial charge in [0.2, 0.25) is 15.9 Å². The molecule has 4 aromatic rings. The summed E-state index contributed by atoms with van der Waals surface area (Å²) >= 11 is 13.7. The molecular weight excluding hydrogens is 643 g/mol. The number of sulfonamides is 1. The number of carbonyl (C=O) groups excluding carboxylic acids is 3. The molecule has 0 aliphatic carbocycles. The zero-order valence-electron chi connectivity index (χ0n) is 23.1. The van der Waals surface area contributed by atoms with Crippen LogP contribution >= 0.6 is 35.0 Å². The summed E-state index contributed by atoms with van der Waals surface area (Å²) in [5.74, 6) is -1.42. The van der Waals surface area contributed by atoms with Gasteiger partial charge >= 0.3 is 0 Å². The summed E-state index contributed by atoms with van der Waals surface area (Å²) in [6, 6.07) is 25.7. The van der Waals surface area contributed by atoms with Gasteiger partial charge in [-0.3, -0.25) is 14.4 Å². The van der Waals surface area contributed by atoms with E-state index in [-0.39, 0.29) is 26.5 Å². The number of benzene rings is 4. The van der Waals surface area contributed by atoms with Crippen molar-refractivity contribution in [2.75, 3.05) is 10.6 Å². The van der Waals surface area contributed by atoms with Crippen LogP contribution < -0.4 is 21.1 Å². The summed E-state index contributed by atoms with van der Waals surface area (Å²) in [5, 5.41) is 13.2. The number of halogens is 2. The number of nitrogens with one attached hydrogen (secondary N) is 3. The fourth-order valence-corrected chi connectivity index (χ4v) is 5.61. The van der Waals surface area contributed by atoms with Crippen molar-refractivity contribution in [2.24, 2.45) is 5.14 Å². The molecule has 0 spiro atoms. The maximum Gasteiger partial charge on any atom is 0.272 e. The summed E-state index contributed by atoms with van der Waals surface area (Å²) < 4.78 is 22.9. The molecule has 0 aliphatic rings. The minimum absolute atomic E-state index is 0.0647. The van der Waals surface area contributed by atoms with Crippen molar-refractivity contribution in [2.45, 2.75) is 22.0 Å². The second-order valence-corrected chi connectivity index (χ2v) is 13.1. The smallest absolute Gasteiger partial charge is 0.272 e. The highest BCUT2D eigenvalue weighted by Crippen LogP contribution is 2.29. The molecular formula is C31H26Cl2N4O5S2. The van der Waals surface area contributed by atoms with Gasteiger partial charge in [0.05, 0.1) is 20.2 Å². The monoisotopic (exact) mass is 668 g/mol. The van der Waals surface area contributed by atoms with Crippen molar-refractivity contribution in [1.82, 2.24) is 5.32 Å². The predicted octanol–water partition coefficient (Wildman–Crippen LogP) is 6.17. The van der Waals surface area contributed by atoms with Crippen LogP contribution in [0.25, 0.3) is 6.08 Å². The number of amides is 3. The summed E-state index contributed by atoms with van der Waals surface area (Å²) in [7, 11) is -3.84. The zero-order chi connectivity index (χ0) is 31.9. The third-order valence-corrected chi connectivity index (χ3v) is 8.89. The van der Waals surface area contributed by atoms with Gasteiger partial charge in [-0.05, 0) is 79.2 Å². The Morgan fingerprint density at radius 2 is 1.52 bits per heavy atom. The molecule has 0 heterocycles. The molecule has 0 saturated carbocycles. The Morgan fingerprint density at radius 3 is 2.20 bits per heavy atom. The minimum atomic E-state index is -3.84. The Labute approximate surface area is 268 Å². The first-order chi connectivity index (χ1) is 20.9. The Kier molecular flexibility index (Phi) is 10.8. The van der Waals surface area contributed by atoms with E-state index in [1.807, 2.05) is 0 Å². The van der Waals surface area contributed by atoms with Crippen LogP contribution in [0, 0.1) is 0 Å². The van der Waals surface area contributed by atoms with Crippen LogP contribution in [0.3, 0.4) is 0 Å². The van der Waals surface area contributed by atoms with E-state index >= 15 is 0 Å². The van der Waals surface area contributed by atoms with Crippen LogP contribution in [-0.4, -0.2) is 31.4 Å². The van der Waals surface area contributed by atoms with Crippen molar-refractivity contribution in [3.63, 3.8) is 0 Å². The second kappa shape index (κ2) is 14.6. The summed E-state index contributed by atoms with van der Waals surface area (Å²) in [6.45, 7) is 1.71. The normalized spacial score (nSPS) is 12.2. The molecule has 44 heavy (non-hydrogen) atoms. The highest BCUT2D eigenvalue weighted by molar-refractivity contribution is 8.00. The van der Waals surface area contributed by atoms with Gasteiger partial charge in [-0.25, -0.2) is 13.6 Å². The summed E-state index contributed by atoms with van der Waals surface area (Å²) in [6.07, 6.45) is 1.44. The van der Waals surface area contributed by atoms with Gasteiger partial charge in [-0.2, -0.15) is 0 Å². The third kappa shape index (κ3) is 8.94. The number of primary sulfonamides is 1. The van der Waals surface area contributed by atoms with E-state index in [9.17, 15) is 22.8 Å². The lowest BCUT2D eigenvalue weighted by Gasteiger charge is -2.14. The van der Waals surface area contributed by atoms with E-state index in [0.717, 1.165) is 0 Å². The Morgan fingerprint density at radius 1 is 0.841 bits per heavy atom. The Bertz CT molecular complexity index is 1830. The Balaban J connectivity index is 1.48. The molecule has 226 valence electrons. The van der Waals surface area contributed by atoms with Gasteiger partial charge in [0.15, 0.2) is 0 Å². The highest BCUT2D eigenvalue weighted by atomic mass is 35.5. The van der Waals surface area contributed by atoms with Crippen molar-refractivity contribution in [1.29, 1.82) is 0 Å². The lowest BCUT2D eigenvalue weighted by Crippen LogP contribution is -2.30. The fourth-order valence-electron chi connectivity index (χ4n) is 3.80. The molecule has 0 aliphatic heterocycles. The molecule has 0 fully saturated rings. The van der Waals surface area contributed by atoms with Gasteiger partial charge in [-0.1, -0.05) is 59.6 Å². The lowest BCUT2D eigenvalue weighted by atomic mass is 10.1. The number of rotatable bonds is 10. The lowest BCUT2D eigenvalue weighted by molar-refractivity contribution is -0.115. The quantitative estimate of drug-likeness (QED) is 0.117. The molecule has 4 aromatic carbocycles. The zero-order valence-corrected chi connectivity index (χ0v) is 26.2. The van der Waals surface area contributed by atoms with Crippen LogP contribution in [0.4, 0.5) is 11.4 Å². The molecule has 0 saturated heterocycles. The number of hydrogen-bond donors (Lipinski definition) is 4. The number of thioether (sulfide) groups is 1. The van der Waals surface area contributed by atoms with Gasteiger partial charge < -0.3 is 16.0 Å². The summed E-state index contributed by atoms with van der Waals surface area (Å²) in [5.41, 5.74) is 1.55. The van der Waals surface area contributed by atoms with E-state index in [4.69, 9.17) is 28.3 Å². The first-order valence-corrected chi connectivity index (χ1v) is 16.1. The summed E-state index contributed by atoms with van der Waals surface area (Å²) in [4.78, 5) is 39.7. The average molecular weight is 670 g/mol. The van der Waals surface area contributed by atoms with E-state index in [2.05, 4.69) is 16.0 Å². The van der Waals surface area contributed by atoms with Crippen molar-refractivity contribution in [3.05, 3.63) is 124 Å². The van der Waals surface area contributed by atoms with Gasteiger partial charge in [0.25, 0.3) is 11.8 Å². The maximum absolute atomic E-state index is 13.4. The van der Waals surface area contributed by atoms with Gasteiger partial charge in [0, 0.05) is 21.8 Å². The standard InChI is InChI=1S/C31H26Cl2N4O5S2/c1-19(29(38)35-22-13-15-25(16-14-22)44(34,41)42)43-24-11-6-10-23(18-24)36-31(40)27(17-21-9-5-12-26(32)28(21)33)37-30(39)20-7-3-2-4-8-20/h2-19H,1H3,(H,35,38)(H,36,40)(H,37,39)(H2,34,41,42)/b27-17+. The Hall–Kier alpha value is -4.13. The van der Waals surface area contributed by atoms with Crippen LogP contribution in [-0.2, 0) is 19.6 Å². The van der Waals surface area contributed by atoms with Crippen LogP contribution in [0.15, 0.2) is 113 Å². The largest absolute Gasteiger partial charge is 0.325 e. The molecule has 1 unspecified atom stereocenters. The van der Waals surface area contributed by atoms with Crippen LogP contribution in [0.5, 0.6) is 0 Å². The fraction of sp³-hybridized carbons (Fsp3) is 0.0645. The molecule has 5 N–H and O–H groups in total. The third-order valence-electron chi connectivity index (χ3n) is 6.03. The van der Waals surface area contributed by atoms with Gasteiger partial charge in [0.1, 0.15) is 5.70 Å².